The van der Waals surface area contributed by atoms with Gasteiger partial charge in [-0.3, -0.25) is 4.55 Å². The van der Waals surface area contributed by atoms with E-state index in [1.54, 1.807) is 0 Å². The molecule has 0 saturated heterocycles. The summed E-state index contributed by atoms with van der Waals surface area (Å²) in [6, 6.07) is 0. The van der Waals surface area contributed by atoms with Gasteiger partial charge in [0.1, 0.15) is 6.10 Å². The standard InChI is InChI=1S/C18H23F7O8S/c1-2-13(26)33-16(17(21,22)23,14(27)32-12-8-4-3-5-9-12)31-11-7-6-10-15(19,20)18(24,25)34(28,29)30/h2,12H,1,3-11H2,(H,28,29,30). The summed E-state index contributed by atoms with van der Waals surface area (Å²) in [5.74, 6) is -13.4. The molecule has 1 fully saturated rings. The Kier molecular flexibility index (Phi) is 9.91. The molecule has 0 spiro atoms. The van der Waals surface area contributed by atoms with Gasteiger partial charge in [-0.1, -0.05) is 13.0 Å². The molecule has 0 amide bonds. The molecule has 1 unspecified atom stereocenters. The van der Waals surface area contributed by atoms with Gasteiger partial charge in [-0.2, -0.15) is 39.2 Å². The summed E-state index contributed by atoms with van der Waals surface area (Å²) in [7, 11) is -6.48. The maximum Gasteiger partial charge on any atom is 0.468 e. The van der Waals surface area contributed by atoms with Crippen LogP contribution in [0, 0.1) is 0 Å². The van der Waals surface area contributed by atoms with E-state index in [0.717, 1.165) is 6.42 Å². The molecule has 198 valence electrons. The van der Waals surface area contributed by atoms with Crippen molar-refractivity contribution in [2.75, 3.05) is 6.61 Å². The zero-order valence-electron chi connectivity index (χ0n) is 17.6. The Balaban J connectivity index is 2.96. The largest absolute Gasteiger partial charge is 0.468 e. The number of carbonyl (C=O) groups excluding carboxylic acids is 2. The highest BCUT2D eigenvalue weighted by atomic mass is 32.2. The number of carbonyl (C=O) groups is 2. The molecule has 34 heavy (non-hydrogen) atoms. The summed E-state index contributed by atoms with van der Waals surface area (Å²) in [4.78, 5) is 23.9. The molecule has 0 aliphatic heterocycles. The first-order valence-electron chi connectivity index (χ1n) is 9.91. The zero-order valence-corrected chi connectivity index (χ0v) is 18.4. The minimum Gasteiger partial charge on any atom is -0.457 e. The fraction of sp³-hybridized carbons (Fsp3) is 0.778. The molecule has 1 aliphatic carbocycles. The van der Waals surface area contributed by atoms with Gasteiger partial charge in [-0.05, 0) is 38.5 Å². The van der Waals surface area contributed by atoms with Gasteiger partial charge in [0.15, 0.2) is 0 Å². The minimum atomic E-state index is -6.48. The number of ether oxygens (including phenoxy) is 3. The van der Waals surface area contributed by atoms with Crippen LogP contribution in [0.5, 0.6) is 0 Å². The summed E-state index contributed by atoms with van der Waals surface area (Å²) in [6.07, 6.45) is -7.68. The molecule has 0 radical (unpaired) electrons. The van der Waals surface area contributed by atoms with Gasteiger partial charge in [0.05, 0.1) is 6.61 Å². The van der Waals surface area contributed by atoms with Crippen molar-refractivity contribution in [3.63, 3.8) is 0 Å². The monoisotopic (exact) mass is 532 g/mol. The van der Waals surface area contributed by atoms with Crippen LogP contribution in [-0.2, 0) is 33.9 Å². The average Bonchev–Trinajstić information content (AvgIpc) is 2.71. The molecule has 1 atom stereocenters. The second-order valence-electron chi connectivity index (χ2n) is 7.41. The Labute approximate surface area is 190 Å². The molecule has 8 nitrogen and oxygen atoms in total. The van der Waals surface area contributed by atoms with Crippen LogP contribution in [0.2, 0.25) is 0 Å². The van der Waals surface area contributed by atoms with Crippen molar-refractivity contribution >= 4 is 22.1 Å². The lowest BCUT2D eigenvalue weighted by atomic mass is 9.98. The molecule has 1 N–H and O–H groups in total. The second kappa shape index (κ2) is 11.2. The average molecular weight is 532 g/mol. The summed E-state index contributed by atoms with van der Waals surface area (Å²) in [6.45, 7) is 1.70. The smallest absolute Gasteiger partial charge is 0.457 e. The second-order valence-corrected chi connectivity index (χ2v) is 8.87. The summed E-state index contributed by atoms with van der Waals surface area (Å²) >= 11 is 0. The summed E-state index contributed by atoms with van der Waals surface area (Å²) in [5.41, 5.74) is 0. The van der Waals surface area contributed by atoms with E-state index >= 15 is 0 Å². The van der Waals surface area contributed by atoms with Crippen molar-refractivity contribution in [3.8, 4) is 0 Å². The summed E-state index contributed by atoms with van der Waals surface area (Å²) in [5, 5.41) is -5.85. The molecule has 1 saturated carbocycles. The highest BCUT2D eigenvalue weighted by Gasteiger charge is 2.68. The molecule has 16 heteroatoms. The highest BCUT2D eigenvalue weighted by molar-refractivity contribution is 7.87. The van der Waals surface area contributed by atoms with E-state index in [2.05, 4.69) is 16.1 Å². The summed E-state index contributed by atoms with van der Waals surface area (Å²) < 4.78 is 137. The van der Waals surface area contributed by atoms with Crippen LogP contribution in [0.15, 0.2) is 12.7 Å². The van der Waals surface area contributed by atoms with Gasteiger partial charge in [-0.25, -0.2) is 9.59 Å². The fourth-order valence-electron chi connectivity index (χ4n) is 2.98. The van der Waals surface area contributed by atoms with Gasteiger partial charge in [0.25, 0.3) is 0 Å². The number of esters is 2. The van der Waals surface area contributed by atoms with E-state index in [1.807, 2.05) is 0 Å². The maximum atomic E-state index is 13.8. The molecular weight excluding hydrogens is 509 g/mol. The van der Waals surface area contributed by atoms with Crippen molar-refractivity contribution in [1.29, 1.82) is 0 Å². The van der Waals surface area contributed by atoms with Gasteiger partial charge >= 0.3 is 45.2 Å². The van der Waals surface area contributed by atoms with Crippen molar-refractivity contribution in [2.24, 2.45) is 0 Å². The molecule has 0 aromatic carbocycles. The Hall–Kier alpha value is -1.94. The van der Waals surface area contributed by atoms with Gasteiger partial charge in [-0.15, -0.1) is 0 Å². The zero-order chi connectivity index (χ0) is 26.4. The minimum absolute atomic E-state index is 0.242. The first-order chi connectivity index (χ1) is 15.4. The third-order valence-electron chi connectivity index (χ3n) is 4.82. The van der Waals surface area contributed by atoms with E-state index in [1.165, 1.54) is 0 Å². The van der Waals surface area contributed by atoms with E-state index in [4.69, 9.17) is 9.29 Å². The Morgan fingerprint density at radius 1 is 1.00 bits per heavy atom. The van der Waals surface area contributed by atoms with E-state index < -0.39 is 77.2 Å². The first-order valence-corrected chi connectivity index (χ1v) is 11.3. The lowest BCUT2D eigenvalue weighted by Gasteiger charge is -2.34. The van der Waals surface area contributed by atoms with E-state index in [-0.39, 0.29) is 12.8 Å². The maximum absolute atomic E-state index is 13.8. The van der Waals surface area contributed by atoms with E-state index in [0.29, 0.717) is 18.9 Å². The topological polar surface area (TPSA) is 116 Å². The number of rotatable bonds is 12. The SMILES string of the molecule is C=CC(=O)OC(OCCCCC(F)(F)C(F)(F)S(=O)(=O)O)(C(=O)OC1CCCCC1)C(F)(F)F. The van der Waals surface area contributed by atoms with Crippen molar-refractivity contribution in [2.45, 2.75) is 80.6 Å². The van der Waals surface area contributed by atoms with Crippen molar-refractivity contribution < 1.29 is 67.5 Å². The van der Waals surface area contributed by atoms with Crippen LogP contribution in [0.3, 0.4) is 0 Å². The first kappa shape index (κ1) is 30.1. The molecular formula is C18H23F7O8S. The number of hydrogen-bond donors (Lipinski definition) is 1. The Morgan fingerprint density at radius 2 is 1.56 bits per heavy atom. The van der Waals surface area contributed by atoms with Gasteiger partial charge in [0, 0.05) is 12.5 Å². The highest BCUT2D eigenvalue weighted by Crippen LogP contribution is 2.42. The molecule has 0 aromatic heterocycles. The van der Waals surface area contributed by atoms with Gasteiger partial charge < -0.3 is 14.2 Å². The van der Waals surface area contributed by atoms with Crippen LogP contribution >= 0.6 is 0 Å². The molecule has 1 aliphatic rings. The number of unbranched alkanes of at least 4 members (excludes halogenated alkanes) is 1. The van der Waals surface area contributed by atoms with Crippen molar-refractivity contribution in [3.05, 3.63) is 12.7 Å². The fourth-order valence-corrected chi connectivity index (χ4v) is 3.46. The molecule has 1 rings (SSSR count). The van der Waals surface area contributed by atoms with Gasteiger partial charge in [0.2, 0.25) is 0 Å². The molecule has 0 heterocycles. The quantitative estimate of drug-likeness (QED) is 0.0996. The van der Waals surface area contributed by atoms with E-state index in [9.17, 15) is 48.7 Å². The van der Waals surface area contributed by atoms with Crippen LogP contribution in [0.4, 0.5) is 30.7 Å². The van der Waals surface area contributed by atoms with Crippen molar-refractivity contribution in [1.82, 2.24) is 0 Å². The predicted molar refractivity (Wildman–Crippen MR) is 99.3 cm³/mol. The number of alkyl halides is 7. The third-order valence-corrected chi connectivity index (χ3v) is 5.77. The Bertz CT molecular complexity index is 838. The third kappa shape index (κ3) is 7.04. The molecule has 0 bridgehead atoms. The molecule has 0 aromatic rings. The lowest BCUT2D eigenvalue weighted by Crippen LogP contribution is -2.58. The predicted octanol–water partition coefficient (Wildman–Crippen LogP) is 4.15. The van der Waals surface area contributed by atoms with Crippen LogP contribution in [-0.4, -0.2) is 60.8 Å². The van der Waals surface area contributed by atoms with Crippen LogP contribution in [0.25, 0.3) is 0 Å². The van der Waals surface area contributed by atoms with Crippen LogP contribution < -0.4 is 0 Å². The Morgan fingerprint density at radius 3 is 2.03 bits per heavy atom. The normalized spacial score (nSPS) is 18.1. The van der Waals surface area contributed by atoms with Crippen LogP contribution in [0.1, 0.15) is 51.4 Å². The number of halogens is 7. The number of hydrogen-bond acceptors (Lipinski definition) is 7. The lowest BCUT2D eigenvalue weighted by molar-refractivity contribution is -0.355.